The predicted octanol–water partition coefficient (Wildman–Crippen LogP) is 3.12. The van der Waals surface area contributed by atoms with Gasteiger partial charge in [0.1, 0.15) is 5.69 Å². The van der Waals surface area contributed by atoms with Crippen LogP contribution in [0.5, 0.6) is 0 Å². The first-order valence-corrected chi connectivity index (χ1v) is 9.72. The summed E-state index contributed by atoms with van der Waals surface area (Å²) in [5.74, 6) is 0.974. The SMILES string of the molecule is O=C(CCC1CCCCC1)N1CCCN(C(=O)c2ccccn2)CC1. The molecule has 2 aliphatic rings. The molecule has 1 aromatic rings. The van der Waals surface area contributed by atoms with Gasteiger partial charge < -0.3 is 9.80 Å². The molecule has 0 spiro atoms. The Kier molecular flexibility index (Phi) is 6.42. The smallest absolute Gasteiger partial charge is 0.272 e. The van der Waals surface area contributed by atoms with Crippen LogP contribution in [-0.2, 0) is 4.79 Å². The maximum Gasteiger partial charge on any atom is 0.272 e. The van der Waals surface area contributed by atoms with Crippen molar-refractivity contribution in [1.29, 1.82) is 0 Å². The van der Waals surface area contributed by atoms with E-state index in [1.165, 1.54) is 32.1 Å². The van der Waals surface area contributed by atoms with Gasteiger partial charge in [0.15, 0.2) is 0 Å². The van der Waals surface area contributed by atoms with Crippen LogP contribution in [0.3, 0.4) is 0 Å². The van der Waals surface area contributed by atoms with Crippen LogP contribution in [0.4, 0.5) is 0 Å². The first-order chi connectivity index (χ1) is 12.2. The molecule has 0 bridgehead atoms. The summed E-state index contributed by atoms with van der Waals surface area (Å²) in [6.07, 6.45) is 10.8. The highest BCUT2D eigenvalue weighted by Gasteiger charge is 2.24. The lowest BCUT2D eigenvalue weighted by molar-refractivity contribution is -0.131. The standard InChI is InChI=1S/C20H29N3O2/c24-19(11-10-17-7-2-1-3-8-17)22-13-6-14-23(16-15-22)20(25)18-9-4-5-12-21-18/h4-5,9,12,17H,1-3,6-8,10-11,13-16H2. The van der Waals surface area contributed by atoms with E-state index < -0.39 is 0 Å². The van der Waals surface area contributed by atoms with E-state index >= 15 is 0 Å². The van der Waals surface area contributed by atoms with Crippen LogP contribution >= 0.6 is 0 Å². The van der Waals surface area contributed by atoms with Crippen molar-refractivity contribution >= 4 is 11.8 Å². The molecule has 25 heavy (non-hydrogen) atoms. The Balaban J connectivity index is 1.47. The van der Waals surface area contributed by atoms with E-state index in [4.69, 9.17) is 0 Å². The van der Waals surface area contributed by atoms with E-state index in [1.54, 1.807) is 12.3 Å². The maximum absolute atomic E-state index is 12.6. The van der Waals surface area contributed by atoms with E-state index in [2.05, 4.69) is 4.98 Å². The van der Waals surface area contributed by atoms with Gasteiger partial charge in [0.05, 0.1) is 0 Å². The Bertz CT molecular complexity index is 570. The Labute approximate surface area is 150 Å². The lowest BCUT2D eigenvalue weighted by atomic mass is 9.86. The van der Waals surface area contributed by atoms with Crippen LogP contribution in [0.25, 0.3) is 0 Å². The Morgan fingerprint density at radius 3 is 2.48 bits per heavy atom. The summed E-state index contributed by atoms with van der Waals surface area (Å²) in [5.41, 5.74) is 0.486. The molecule has 3 rings (SSSR count). The summed E-state index contributed by atoms with van der Waals surface area (Å²) in [6, 6.07) is 5.39. The van der Waals surface area contributed by atoms with Gasteiger partial charge in [-0.2, -0.15) is 0 Å². The van der Waals surface area contributed by atoms with Crippen molar-refractivity contribution in [3.05, 3.63) is 30.1 Å². The molecule has 136 valence electrons. The van der Waals surface area contributed by atoms with Crippen LogP contribution in [0, 0.1) is 5.92 Å². The molecule has 1 aliphatic carbocycles. The summed E-state index contributed by atoms with van der Waals surface area (Å²) in [6.45, 7) is 2.70. The fraction of sp³-hybridized carbons (Fsp3) is 0.650. The second-order valence-electron chi connectivity index (χ2n) is 7.28. The van der Waals surface area contributed by atoms with Gasteiger partial charge in [-0.1, -0.05) is 38.2 Å². The molecule has 2 fully saturated rings. The van der Waals surface area contributed by atoms with Gasteiger partial charge in [0.25, 0.3) is 5.91 Å². The van der Waals surface area contributed by atoms with E-state index in [-0.39, 0.29) is 11.8 Å². The molecule has 0 N–H and O–H groups in total. The molecule has 0 radical (unpaired) electrons. The monoisotopic (exact) mass is 343 g/mol. The second-order valence-corrected chi connectivity index (χ2v) is 7.28. The minimum absolute atomic E-state index is 0.0305. The number of carbonyl (C=O) groups excluding carboxylic acids is 2. The predicted molar refractivity (Wildman–Crippen MR) is 97.1 cm³/mol. The van der Waals surface area contributed by atoms with Crippen LogP contribution in [0.1, 0.15) is 61.9 Å². The first-order valence-electron chi connectivity index (χ1n) is 9.72. The molecule has 5 nitrogen and oxygen atoms in total. The average molecular weight is 343 g/mol. The molecule has 2 heterocycles. The molecule has 1 saturated carbocycles. The summed E-state index contributed by atoms with van der Waals surface area (Å²) in [4.78, 5) is 33.0. The van der Waals surface area contributed by atoms with Gasteiger partial charge in [-0.25, -0.2) is 0 Å². The zero-order valence-corrected chi connectivity index (χ0v) is 15.0. The van der Waals surface area contributed by atoms with Gasteiger partial charge in [-0.05, 0) is 30.9 Å². The number of carbonyl (C=O) groups is 2. The zero-order chi connectivity index (χ0) is 17.5. The fourth-order valence-corrected chi connectivity index (χ4v) is 3.98. The van der Waals surface area contributed by atoms with E-state index in [0.717, 1.165) is 25.3 Å². The minimum atomic E-state index is -0.0305. The first kappa shape index (κ1) is 17.9. The van der Waals surface area contributed by atoms with Gasteiger partial charge >= 0.3 is 0 Å². The Morgan fingerprint density at radius 1 is 0.960 bits per heavy atom. The highest BCUT2D eigenvalue weighted by molar-refractivity contribution is 5.92. The minimum Gasteiger partial charge on any atom is -0.341 e. The molecule has 0 unspecified atom stereocenters. The highest BCUT2D eigenvalue weighted by Crippen LogP contribution is 2.27. The van der Waals surface area contributed by atoms with E-state index in [0.29, 0.717) is 31.7 Å². The molecular formula is C20H29N3O2. The van der Waals surface area contributed by atoms with E-state index in [9.17, 15) is 9.59 Å². The van der Waals surface area contributed by atoms with Crippen LogP contribution < -0.4 is 0 Å². The van der Waals surface area contributed by atoms with Gasteiger partial charge in [0.2, 0.25) is 5.91 Å². The topological polar surface area (TPSA) is 53.5 Å². The van der Waals surface area contributed by atoms with E-state index in [1.807, 2.05) is 21.9 Å². The molecule has 2 amide bonds. The molecule has 0 aromatic carbocycles. The number of aromatic nitrogens is 1. The van der Waals surface area contributed by atoms with Crippen molar-refractivity contribution in [1.82, 2.24) is 14.8 Å². The largest absolute Gasteiger partial charge is 0.341 e. The third-order valence-corrected chi connectivity index (χ3v) is 5.51. The summed E-state index contributed by atoms with van der Waals surface area (Å²) in [7, 11) is 0. The third kappa shape index (κ3) is 5.03. The molecule has 5 heteroatoms. The van der Waals surface area contributed by atoms with Crippen molar-refractivity contribution in [2.75, 3.05) is 26.2 Å². The lowest BCUT2D eigenvalue weighted by Crippen LogP contribution is -2.37. The number of amides is 2. The van der Waals surface area contributed by atoms with Crippen LogP contribution in [-0.4, -0.2) is 52.8 Å². The quantitative estimate of drug-likeness (QED) is 0.844. The number of rotatable bonds is 4. The summed E-state index contributed by atoms with van der Waals surface area (Å²) in [5, 5.41) is 0. The molecule has 1 aliphatic heterocycles. The normalized spacial score (nSPS) is 19.5. The molecule has 1 saturated heterocycles. The number of hydrogen-bond acceptors (Lipinski definition) is 3. The van der Waals surface area contributed by atoms with Crippen molar-refractivity contribution in [2.24, 2.45) is 5.92 Å². The lowest BCUT2D eigenvalue weighted by Gasteiger charge is -2.24. The second kappa shape index (κ2) is 8.97. The number of pyridine rings is 1. The molecule has 1 aromatic heterocycles. The highest BCUT2D eigenvalue weighted by atomic mass is 16.2. The van der Waals surface area contributed by atoms with Crippen molar-refractivity contribution < 1.29 is 9.59 Å². The molecule has 0 atom stereocenters. The Morgan fingerprint density at radius 2 is 1.72 bits per heavy atom. The average Bonchev–Trinajstić information content (AvgIpc) is 2.93. The number of hydrogen-bond donors (Lipinski definition) is 0. The molecular weight excluding hydrogens is 314 g/mol. The van der Waals surface area contributed by atoms with Crippen molar-refractivity contribution in [3.8, 4) is 0 Å². The van der Waals surface area contributed by atoms with Gasteiger partial charge in [-0.15, -0.1) is 0 Å². The number of nitrogens with zero attached hydrogens (tertiary/aromatic N) is 3. The fourth-order valence-electron chi connectivity index (χ4n) is 3.98. The van der Waals surface area contributed by atoms with Gasteiger partial charge in [-0.3, -0.25) is 14.6 Å². The summed E-state index contributed by atoms with van der Waals surface area (Å²) >= 11 is 0. The maximum atomic E-state index is 12.6. The van der Waals surface area contributed by atoms with Gasteiger partial charge in [0, 0.05) is 38.8 Å². The van der Waals surface area contributed by atoms with Crippen molar-refractivity contribution in [3.63, 3.8) is 0 Å². The van der Waals surface area contributed by atoms with Crippen LogP contribution in [0.15, 0.2) is 24.4 Å². The Hall–Kier alpha value is -1.91. The third-order valence-electron chi connectivity index (χ3n) is 5.51. The van der Waals surface area contributed by atoms with Crippen molar-refractivity contribution in [2.45, 2.75) is 51.4 Å². The zero-order valence-electron chi connectivity index (χ0n) is 15.0. The van der Waals surface area contributed by atoms with Crippen LogP contribution in [0.2, 0.25) is 0 Å². The summed E-state index contributed by atoms with van der Waals surface area (Å²) < 4.78 is 0.